The van der Waals surface area contributed by atoms with Crippen molar-refractivity contribution < 1.29 is 4.79 Å². The maximum absolute atomic E-state index is 12.4. The molecule has 0 atom stereocenters. The van der Waals surface area contributed by atoms with Gasteiger partial charge in [0.15, 0.2) is 0 Å². The Bertz CT molecular complexity index is 821. The van der Waals surface area contributed by atoms with Gasteiger partial charge in [-0.15, -0.1) is 0 Å². The molecule has 0 unspecified atom stereocenters. The summed E-state index contributed by atoms with van der Waals surface area (Å²) in [5, 5.41) is 5.20. The predicted octanol–water partition coefficient (Wildman–Crippen LogP) is 4.71. The first-order valence-electron chi connectivity index (χ1n) is 7.01. The smallest absolute Gasteiger partial charge is 0.255 e. The van der Waals surface area contributed by atoms with Crippen molar-refractivity contribution in [3.05, 3.63) is 77.4 Å². The van der Waals surface area contributed by atoms with Gasteiger partial charge in [0.05, 0.1) is 0 Å². The number of anilines is 1. The average molecular weight is 275 g/mol. The van der Waals surface area contributed by atoms with Gasteiger partial charge in [0, 0.05) is 16.6 Å². The Morgan fingerprint density at radius 3 is 2.43 bits per heavy atom. The molecule has 2 nitrogen and oxygen atoms in total. The van der Waals surface area contributed by atoms with Gasteiger partial charge in [-0.25, -0.2) is 0 Å². The van der Waals surface area contributed by atoms with E-state index in [1.807, 2.05) is 43.3 Å². The van der Waals surface area contributed by atoms with Gasteiger partial charge in [0.25, 0.3) is 5.91 Å². The Morgan fingerprint density at radius 2 is 1.62 bits per heavy atom. The molecular weight excluding hydrogens is 258 g/mol. The fourth-order valence-corrected chi connectivity index (χ4v) is 2.49. The first kappa shape index (κ1) is 13.4. The van der Waals surface area contributed by atoms with Gasteiger partial charge >= 0.3 is 0 Å². The molecule has 0 fully saturated rings. The molecule has 3 aromatic rings. The lowest BCUT2D eigenvalue weighted by molar-refractivity contribution is 0.102. The van der Waals surface area contributed by atoms with Crippen LogP contribution in [0.4, 0.5) is 5.69 Å². The fourth-order valence-electron chi connectivity index (χ4n) is 2.49. The number of aryl methyl sites for hydroxylation is 2. The topological polar surface area (TPSA) is 29.1 Å². The van der Waals surface area contributed by atoms with Crippen molar-refractivity contribution in [3.8, 4) is 0 Å². The zero-order chi connectivity index (χ0) is 14.8. The van der Waals surface area contributed by atoms with Crippen LogP contribution >= 0.6 is 0 Å². The molecule has 2 heteroatoms. The summed E-state index contributed by atoms with van der Waals surface area (Å²) in [5.41, 5.74) is 3.82. The van der Waals surface area contributed by atoms with E-state index < -0.39 is 0 Å². The van der Waals surface area contributed by atoms with E-state index in [2.05, 4.69) is 36.5 Å². The van der Waals surface area contributed by atoms with Crippen LogP contribution in [-0.4, -0.2) is 5.91 Å². The zero-order valence-corrected chi connectivity index (χ0v) is 12.2. The molecule has 0 aliphatic carbocycles. The van der Waals surface area contributed by atoms with Crippen molar-refractivity contribution in [2.75, 3.05) is 5.32 Å². The standard InChI is InChI=1S/C19H17NO/c1-13-5-3-7-16(12-13)19(21)20-18-8-4-6-15-11-14(2)9-10-17(15)18/h3-12H,1-2H3,(H,20,21). The van der Waals surface area contributed by atoms with Gasteiger partial charge in [-0.3, -0.25) is 4.79 Å². The van der Waals surface area contributed by atoms with Crippen molar-refractivity contribution in [1.82, 2.24) is 0 Å². The van der Waals surface area contributed by atoms with E-state index in [0.717, 1.165) is 22.0 Å². The van der Waals surface area contributed by atoms with Crippen LogP contribution in [-0.2, 0) is 0 Å². The number of carbonyl (C=O) groups excluding carboxylic acids is 1. The van der Waals surface area contributed by atoms with E-state index in [4.69, 9.17) is 0 Å². The second-order valence-corrected chi connectivity index (χ2v) is 5.35. The number of hydrogen-bond donors (Lipinski definition) is 1. The summed E-state index contributed by atoms with van der Waals surface area (Å²) in [7, 11) is 0. The molecule has 0 heterocycles. The van der Waals surface area contributed by atoms with Crippen LogP contribution in [0.25, 0.3) is 10.8 Å². The predicted molar refractivity (Wildman–Crippen MR) is 87.8 cm³/mol. The Kier molecular flexibility index (Phi) is 3.44. The summed E-state index contributed by atoms with van der Waals surface area (Å²) >= 11 is 0. The van der Waals surface area contributed by atoms with E-state index in [1.165, 1.54) is 5.56 Å². The Morgan fingerprint density at radius 1 is 0.857 bits per heavy atom. The highest BCUT2D eigenvalue weighted by Crippen LogP contribution is 2.24. The lowest BCUT2D eigenvalue weighted by Crippen LogP contribution is -2.12. The molecule has 3 rings (SSSR count). The molecule has 0 aliphatic rings. The Labute approximate surface area is 124 Å². The van der Waals surface area contributed by atoms with Crippen molar-refractivity contribution in [2.45, 2.75) is 13.8 Å². The molecule has 21 heavy (non-hydrogen) atoms. The average Bonchev–Trinajstić information content (AvgIpc) is 2.47. The molecule has 0 radical (unpaired) electrons. The minimum Gasteiger partial charge on any atom is -0.321 e. The van der Waals surface area contributed by atoms with Gasteiger partial charge in [-0.1, -0.05) is 53.6 Å². The monoisotopic (exact) mass is 275 g/mol. The zero-order valence-electron chi connectivity index (χ0n) is 12.2. The first-order chi connectivity index (χ1) is 10.1. The van der Waals surface area contributed by atoms with E-state index in [1.54, 1.807) is 0 Å². The second kappa shape index (κ2) is 5.41. The Hall–Kier alpha value is -2.61. The quantitative estimate of drug-likeness (QED) is 0.721. The van der Waals surface area contributed by atoms with E-state index in [-0.39, 0.29) is 5.91 Å². The molecule has 0 aromatic heterocycles. The van der Waals surface area contributed by atoms with Crippen LogP contribution in [0.1, 0.15) is 21.5 Å². The van der Waals surface area contributed by atoms with Gasteiger partial charge in [0.1, 0.15) is 0 Å². The molecule has 0 spiro atoms. The minimum atomic E-state index is -0.0771. The third-order valence-corrected chi connectivity index (χ3v) is 3.56. The normalized spacial score (nSPS) is 10.6. The SMILES string of the molecule is Cc1cccc(C(=O)Nc2cccc3cc(C)ccc23)c1. The van der Waals surface area contributed by atoms with Gasteiger partial charge in [0.2, 0.25) is 0 Å². The molecule has 104 valence electrons. The summed E-state index contributed by atoms with van der Waals surface area (Å²) < 4.78 is 0. The maximum Gasteiger partial charge on any atom is 0.255 e. The van der Waals surface area contributed by atoms with Crippen LogP contribution in [0.3, 0.4) is 0 Å². The largest absolute Gasteiger partial charge is 0.321 e. The number of benzene rings is 3. The number of hydrogen-bond acceptors (Lipinski definition) is 1. The van der Waals surface area contributed by atoms with E-state index in [0.29, 0.717) is 5.56 Å². The second-order valence-electron chi connectivity index (χ2n) is 5.35. The first-order valence-corrected chi connectivity index (χ1v) is 7.01. The minimum absolute atomic E-state index is 0.0771. The van der Waals surface area contributed by atoms with Gasteiger partial charge in [-0.2, -0.15) is 0 Å². The number of amides is 1. The van der Waals surface area contributed by atoms with Gasteiger partial charge < -0.3 is 5.32 Å². The summed E-state index contributed by atoms with van der Waals surface area (Å²) in [4.78, 5) is 12.4. The molecule has 1 N–H and O–H groups in total. The van der Waals surface area contributed by atoms with Crippen molar-refractivity contribution >= 4 is 22.4 Å². The highest BCUT2D eigenvalue weighted by Gasteiger charge is 2.08. The Balaban J connectivity index is 1.96. The molecule has 3 aromatic carbocycles. The van der Waals surface area contributed by atoms with Gasteiger partial charge in [-0.05, 0) is 37.4 Å². The maximum atomic E-state index is 12.4. The van der Waals surface area contributed by atoms with Crippen molar-refractivity contribution in [2.24, 2.45) is 0 Å². The lowest BCUT2D eigenvalue weighted by Gasteiger charge is -2.09. The van der Waals surface area contributed by atoms with Crippen molar-refractivity contribution in [1.29, 1.82) is 0 Å². The van der Waals surface area contributed by atoms with Crippen LogP contribution < -0.4 is 5.32 Å². The fraction of sp³-hybridized carbons (Fsp3) is 0.105. The highest BCUT2D eigenvalue weighted by molar-refractivity contribution is 6.09. The molecular formula is C19H17NO. The van der Waals surface area contributed by atoms with Crippen LogP contribution in [0, 0.1) is 13.8 Å². The summed E-state index contributed by atoms with van der Waals surface area (Å²) in [6, 6.07) is 19.8. The van der Waals surface area contributed by atoms with Crippen LogP contribution in [0.15, 0.2) is 60.7 Å². The summed E-state index contributed by atoms with van der Waals surface area (Å²) in [5.74, 6) is -0.0771. The van der Waals surface area contributed by atoms with Crippen LogP contribution in [0.2, 0.25) is 0 Å². The van der Waals surface area contributed by atoms with E-state index in [9.17, 15) is 4.79 Å². The third-order valence-electron chi connectivity index (χ3n) is 3.56. The summed E-state index contributed by atoms with van der Waals surface area (Å²) in [6.07, 6.45) is 0. The number of nitrogens with one attached hydrogen (secondary N) is 1. The van der Waals surface area contributed by atoms with Crippen molar-refractivity contribution in [3.63, 3.8) is 0 Å². The molecule has 1 amide bonds. The highest BCUT2D eigenvalue weighted by atomic mass is 16.1. The molecule has 0 saturated heterocycles. The van der Waals surface area contributed by atoms with Crippen LogP contribution in [0.5, 0.6) is 0 Å². The molecule has 0 aliphatic heterocycles. The number of fused-ring (bicyclic) bond motifs is 1. The third kappa shape index (κ3) is 2.79. The van der Waals surface area contributed by atoms with E-state index >= 15 is 0 Å². The lowest BCUT2D eigenvalue weighted by atomic mass is 10.1. The number of rotatable bonds is 2. The summed E-state index contributed by atoms with van der Waals surface area (Å²) in [6.45, 7) is 4.05. The molecule has 0 bridgehead atoms. The molecule has 0 saturated carbocycles. The number of carbonyl (C=O) groups is 1.